The number of hydrogen-bond donors (Lipinski definition) is 1. The van der Waals surface area contributed by atoms with Gasteiger partial charge in [0.05, 0.1) is 7.11 Å². The Bertz CT molecular complexity index is 322. The van der Waals surface area contributed by atoms with Crippen LogP contribution in [0.3, 0.4) is 0 Å². The van der Waals surface area contributed by atoms with E-state index in [9.17, 15) is 4.79 Å². The van der Waals surface area contributed by atoms with Crippen molar-refractivity contribution < 1.29 is 9.53 Å². The number of ether oxygens (including phenoxy) is 1. The molecule has 0 aliphatic rings. The van der Waals surface area contributed by atoms with E-state index >= 15 is 0 Å². The number of pyridine rings is 1. The summed E-state index contributed by atoms with van der Waals surface area (Å²) in [6.07, 6.45) is 3.15. The first-order chi connectivity index (χ1) is 6.15. The predicted molar refractivity (Wildman–Crippen MR) is 58.1 cm³/mol. The van der Waals surface area contributed by atoms with E-state index in [2.05, 4.69) is 25.7 Å². The molecule has 1 aromatic rings. The van der Waals surface area contributed by atoms with Gasteiger partial charge in [-0.15, -0.1) is 12.4 Å². The molecule has 14 heavy (non-hydrogen) atoms. The minimum atomic E-state index is -0.769. The van der Waals surface area contributed by atoms with E-state index in [0.29, 0.717) is 5.56 Å². The lowest BCUT2D eigenvalue weighted by molar-refractivity contribution is -0.142. The Balaban J connectivity index is 0.00000169. The molecule has 6 heteroatoms. The average Bonchev–Trinajstić information content (AvgIpc) is 2.15. The van der Waals surface area contributed by atoms with Gasteiger partial charge in [0.25, 0.3) is 0 Å². The SMILES string of the molecule is COC(=O)[C@H](N)c1cncc(Br)c1.Cl. The summed E-state index contributed by atoms with van der Waals surface area (Å²) in [6.45, 7) is 0. The molecule has 78 valence electrons. The normalized spacial score (nSPS) is 11.4. The summed E-state index contributed by atoms with van der Waals surface area (Å²) in [7, 11) is 1.30. The Kier molecular flexibility index (Phi) is 5.68. The number of aromatic nitrogens is 1. The summed E-state index contributed by atoms with van der Waals surface area (Å²) in [5, 5.41) is 0. The molecule has 1 rings (SSSR count). The zero-order chi connectivity index (χ0) is 9.84. The minimum absolute atomic E-state index is 0. The zero-order valence-electron chi connectivity index (χ0n) is 7.44. The standard InChI is InChI=1S/C8H9BrN2O2.ClH/c1-13-8(12)7(10)5-2-6(9)4-11-3-5;/h2-4,7H,10H2,1H3;1H/t7-;/m1./s1. The third kappa shape index (κ3) is 3.25. The Morgan fingerprint density at radius 3 is 2.79 bits per heavy atom. The summed E-state index contributed by atoms with van der Waals surface area (Å²) in [5.41, 5.74) is 6.21. The van der Waals surface area contributed by atoms with E-state index in [4.69, 9.17) is 5.73 Å². The van der Waals surface area contributed by atoms with Crippen LogP contribution in [0.5, 0.6) is 0 Å². The van der Waals surface area contributed by atoms with E-state index in [1.807, 2.05) is 0 Å². The van der Waals surface area contributed by atoms with Crippen molar-refractivity contribution in [1.82, 2.24) is 4.98 Å². The Morgan fingerprint density at radius 2 is 2.29 bits per heavy atom. The van der Waals surface area contributed by atoms with Crippen LogP contribution in [0.2, 0.25) is 0 Å². The first-order valence-electron chi connectivity index (χ1n) is 3.59. The molecule has 4 nitrogen and oxygen atoms in total. The van der Waals surface area contributed by atoms with Gasteiger partial charge < -0.3 is 10.5 Å². The van der Waals surface area contributed by atoms with Crippen molar-refractivity contribution in [1.29, 1.82) is 0 Å². The Hall–Kier alpha value is -0.650. The van der Waals surface area contributed by atoms with Crippen molar-refractivity contribution >= 4 is 34.3 Å². The van der Waals surface area contributed by atoms with Crippen LogP contribution >= 0.6 is 28.3 Å². The lowest BCUT2D eigenvalue weighted by Gasteiger charge is -2.08. The van der Waals surface area contributed by atoms with Gasteiger partial charge >= 0.3 is 5.97 Å². The van der Waals surface area contributed by atoms with E-state index in [0.717, 1.165) is 4.47 Å². The molecule has 0 amide bonds. The summed E-state index contributed by atoms with van der Waals surface area (Å²) in [6, 6.07) is 0.962. The number of carbonyl (C=O) groups excluding carboxylic acids is 1. The highest BCUT2D eigenvalue weighted by Gasteiger charge is 2.16. The van der Waals surface area contributed by atoms with Crippen LogP contribution in [0.4, 0.5) is 0 Å². The largest absolute Gasteiger partial charge is 0.468 e. The molecule has 1 heterocycles. The van der Waals surface area contributed by atoms with Crippen LogP contribution in [0.1, 0.15) is 11.6 Å². The summed E-state index contributed by atoms with van der Waals surface area (Å²) in [5.74, 6) is -0.472. The maximum atomic E-state index is 11.0. The van der Waals surface area contributed by atoms with Gasteiger partial charge in [-0.1, -0.05) is 0 Å². The van der Waals surface area contributed by atoms with Crippen molar-refractivity contribution in [3.05, 3.63) is 28.5 Å². The topological polar surface area (TPSA) is 65.2 Å². The Labute approximate surface area is 96.4 Å². The van der Waals surface area contributed by atoms with Gasteiger partial charge in [-0.25, -0.2) is 0 Å². The van der Waals surface area contributed by atoms with Crippen molar-refractivity contribution in [2.45, 2.75) is 6.04 Å². The summed E-state index contributed by atoms with van der Waals surface area (Å²) in [4.78, 5) is 14.9. The molecule has 0 aromatic carbocycles. The monoisotopic (exact) mass is 280 g/mol. The molecule has 0 saturated heterocycles. The lowest BCUT2D eigenvalue weighted by Crippen LogP contribution is -2.22. The van der Waals surface area contributed by atoms with Crippen LogP contribution < -0.4 is 5.73 Å². The van der Waals surface area contributed by atoms with Gasteiger partial charge in [0.1, 0.15) is 6.04 Å². The van der Waals surface area contributed by atoms with E-state index in [1.165, 1.54) is 13.3 Å². The quantitative estimate of drug-likeness (QED) is 0.833. The molecule has 0 fully saturated rings. The average molecular weight is 282 g/mol. The fraction of sp³-hybridized carbons (Fsp3) is 0.250. The number of methoxy groups -OCH3 is 1. The van der Waals surface area contributed by atoms with Crippen LogP contribution in [0.15, 0.2) is 22.9 Å². The third-order valence-electron chi connectivity index (χ3n) is 1.54. The molecular weight excluding hydrogens is 271 g/mol. The molecule has 0 saturated carbocycles. The maximum absolute atomic E-state index is 11.0. The van der Waals surface area contributed by atoms with Gasteiger partial charge in [0.2, 0.25) is 0 Å². The smallest absolute Gasteiger partial charge is 0.327 e. The summed E-state index contributed by atoms with van der Waals surface area (Å²) >= 11 is 3.23. The second kappa shape index (κ2) is 5.95. The lowest BCUT2D eigenvalue weighted by atomic mass is 10.1. The number of nitrogens with two attached hydrogens (primary N) is 1. The number of nitrogens with zero attached hydrogens (tertiary/aromatic N) is 1. The van der Waals surface area contributed by atoms with Gasteiger partial charge in [-0.05, 0) is 27.6 Å². The van der Waals surface area contributed by atoms with E-state index in [-0.39, 0.29) is 12.4 Å². The van der Waals surface area contributed by atoms with Crippen molar-refractivity contribution in [3.63, 3.8) is 0 Å². The molecule has 0 aliphatic heterocycles. The highest BCUT2D eigenvalue weighted by atomic mass is 79.9. The number of hydrogen-bond acceptors (Lipinski definition) is 4. The third-order valence-corrected chi connectivity index (χ3v) is 1.97. The molecule has 0 radical (unpaired) electrons. The number of esters is 1. The fourth-order valence-electron chi connectivity index (χ4n) is 0.861. The van der Waals surface area contributed by atoms with Gasteiger partial charge in [0.15, 0.2) is 0 Å². The van der Waals surface area contributed by atoms with Gasteiger partial charge in [0, 0.05) is 16.9 Å². The molecule has 1 aromatic heterocycles. The molecule has 0 unspecified atom stereocenters. The molecule has 1 atom stereocenters. The van der Waals surface area contributed by atoms with Crippen LogP contribution in [-0.2, 0) is 9.53 Å². The molecular formula is C8H10BrClN2O2. The molecule has 0 aliphatic carbocycles. The summed E-state index contributed by atoms with van der Waals surface area (Å²) < 4.78 is 5.28. The maximum Gasteiger partial charge on any atom is 0.327 e. The van der Waals surface area contributed by atoms with Crippen molar-refractivity contribution in [2.75, 3.05) is 7.11 Å². The van der Waals surface area contributed by atoms with Crippen molar-refractivity contribution in [2.24, 2.45) is 5.73 Å². The van der Waals surface area contributed by atoms with Crippen LogP contribution in [0, 0.1) is 0 Å². The molecule has 0 spiro atoms. The molecule has 0 bridgehead atoms. The number of halogens is 2. The van der Waals surface area contributed by atoms with Crippen LogP contribution in [-0.4, -0.2) is 18.1 Å². The van der Waals surface area contributed by atoms with Crippen LogP contribution in [0.25, 0.3) is 0 Å². The highest BCUT2D eigenvalue weighted by Crippen LogP contribution is 2.15. The van der Waals surface area contributed by atoms with Gasteiger partial charge in [-0.3, -0.25) is 9.78 Å². The van der Waals surface area contributed by atoms with E-state index < -0.39 is 12.0 Å². The predicted octanol–water partition coefficient (Wildman–Crippen LogP) is 1.44. The highest BCUT2D eigenvalue weighted by molar-refractivity contribution is 9.10. The fourth-order valence-corrected chi connectivity index (χ4v) is 1.24. The second-order valence-electron chi connectivity index (χ2n) is 2.44. The Morgan fingerprint density at radius 1 is 1.64 bits per heavy atom. The number of carbonyl (C=O) groups is 1. The second-order valence-corrected chi connectivity index (χ2v) is 3.35. The van der Waals surface area contributed by atoms with E-state index in [1.54, 1.807) is 12.3 Å². The minimum Gasteiger partial charge on any atom is -0.468 e. The van der Waals surface area contributed by atoms with Gasteiger partial charge in [-0.2, -0.15) is 0 Å². The first-order valence-corrected chi connectivity index (χ1v) is 4.38. The van der Waals surface area contributed by atoms with Crippen molar-refractivity contribution in [3.8, 4) is 0 Å². The first kappa shape index (κ1) is 13.4. The molecule has 2 N–H and O–H groups in total. The zero-order valence-corrected chi connectivity index (χ0v) is 9.84. The number of rotatable bonds is 2.